The van der Waals surface area contributed by atoms with Gasteiger partial charge in [0.1, 0.15) is 11.9 Å². The van der Waals surface area contributed by atoms with Crippen LogP contribution in [0.1, 0.15) is 10.4 Å². The van der Waals surface area contributed by atoms with Crippen LogP contribution < -0.4 is 4.74 Å². The smallest absolute Gasteiger partial charge is 0.337 e. The highest BCUT2D eigenvalue weighted by molar-refractivity contribution is 9.10. The van der Waals surface area contributed by atoms with E-state index in [1.165, 1.54) is 24.5 Å². The van der Waals surface area contributed by atoms with E-state index in [-0.39, 0.29) is 27.4 Å². The molecule has 2 rings (SSSR count). The summed E-state index contributed by atoms with van der Waals surface area (Å²) < 4.78 is 5.60. The summed E-state index contributed by atoms with van der Waals surface area (Å²) >= 11 is 3.09. The summed E-state index contributed by atoms with van der Waals surface area (Å²) in [6.07, 6.45) is 3.52. The van der Waals surface area contributed by atoms with Crippen LogP contribution in [-0.4, -0.2) is 26.0 Å². The number of aromatic carboxylic acids is 1. The van der Waals surface area contributed by atoms with Crippen molar-refractivity contribution in [3.05, 3.63) is 50.9 Å². The second kappa shape index (κ2) is 5.61. The zero-order valence-corrected chi connectivity index (χ0v) is 11.3. The van der Waals surface area contributed by atoms with Gasteiger partial charge in [-0.25, -0.2) is 9.78 Å². The van der Waals surface area contributed by atoms with Crippen molar-refractivity contribution in [2.45, 2.75) is 0 Å². The van der Waals surface area contributed by atoms with Crippen LogP contribution in [0.4, 0.5) is 5.69 Å². The Labute approximate surface area is 120 Å². The lowest BCUT2D eigenvalue weighted by atomic mass is 10.3. The highest BCUT2D eigenvalue weighted by Gasteiger charge is 2.13. The van der Waals surface area contributed by atoms with Crippen molar-refractivity contribution < 1.29 is 19.6 Å². The van der Waals surface area contributed by atoms with E-state index in [1.54, 1.807) is 0 Å². The van der Waals surface area contributed by atoms with Crippen LogP contribution in [0.25, 0.3) is 0 Å². The lowest BCUT2D eigenvalue weighted by Crippen LogP contribution is -1.98. The van der Waals surface area contributed by atoms with Gasteiger partial charge in [0.2, 0.25) is 5.88 Å². The van der Waals surface area contributed by atoms with Gasteiger partial charge in [-0.1, -0.05) is 0 Å². The third kappa shape index (κ3) is 3.06. The number of carbonyl (C=O) groups is 1. The fraction of sp³-hybridized carbons (Fsp3) is 0. The molecule has 0 amide bonds. The molecule has 0 fully saturated rings. The topological polar surface area (TPSA) is 115 Å². The first-order valence-electron chi connectivity index (χ1n) is 5.13. The molecule has 9 heteroatoms. The van der Waals surface area contributed by atoms with E-state index in [9.17, 15) is 14.9 Å². The van der Waals surface area contributed by atoms with Crippen molar-refractivity contribution in [3.63, 3.8) is 0 Å². The van der Waals surface area contributed by atoms with E-state index < -0.39 is 10.9 Å². The first-order chi connectivity index (χ1) is 9.47. The first kappa shape index (κ1) is 13.9. The molecule has 0 atom stereocenters. The average molecular weight is 340 g/mol. The highest BCUT2D eigenvalue weighted by atomic mass is 79.9. The van der Waals surface area contributed by atoms with E-state index >= 15 is 0 Å². The predicted molar refractivity (Wildman–Crippen MR) is 69.9 cm³/mol. The number of rotatable bonds is 4. The fourth-order valence-corrected chi connectivity index (χ4v) is 1.71. The minimum atomic E-state index is -1.14. The third-order valence-electron chi connectivity index (χ3n) is 2.18. The molecule has 0 aliphatic heterocycles. The Kier molecular flexibility index (Phi) is 3.89. The number of hydrogen-bond donors (Lipinski definition) is 1. The second-order valence-corrected chi connectivity index (χ2v) is 4.41. The van der Waals surface area contributed by atoms with Crippen molar-refractivity contribution in [1.82, 2.24) is 9.97 Å². The zero-order chi connectivity index (χ0) is 14.7. The van der Waals surface area contributed by atoms with E-state index in [0.29, 0.717) is 0 Å². The van der Waals surface area contributed by atoms with Gasteiger partial charge in [-0.15, -0.1) is 0 Å². The van der Waals surface area contributed by atoms with Gasteiger partial charge >= 0.3 is 5.97 Å². The lowest BCUT2D eigenvalue weighted by molar-refractivity contribution is -0.385. The number of pyridine rings is 2. The molecule has 0 aliphatic carbocycles. The Morgan fingerprint density at radius 3 is 2.70 bits per heavy atom. The van der Waals surface area contributed by atoms with Crippen molar-refractivity contribution >= 4 is 27.6 Å². The van der Waals surface area contributed by atoms with Gasteiger partial charge in [0.25, 0.3) is 5.69 Å². The van der Waals surface area contributed by atoms with Gasteiger partial charge in [0.05, 0.1) is 21.2 Å². The highest BCUT2D eigenvalue weighted by Crippen LogP contribution is 2.30. The van der Waals surface area contributed by atoms with Crippen LogP contribution in [0.15, 0.2) is 35.2 Å². The molecule has 0 spiro atoms. The van der Waals surface area contributed by atoms with Crippen LogP contribution >= 0.6 is 15.9 Å². The van der Waals surface area contributed by atoms with Gasteiger partial charge < -0.3 is 9.84 Å². The maximum Gasteiger partial charge on any atom is 0.337 e. The molecule has 0 saturated carbocycles. The minimum absolute atomic E-state index is 0.0412. The molecular weight excluding hydrogens is 334 g/mol. The molecule has 0 radical (unpaired) electrons. The number of ether oxygens (including phenoxy) is 1. The number of halogens is 1. The van der Waals surface area contributed by atoms with Gasteiger partial charge in [-0.2, -0.15) is 0 Å². The summed E-state index contributed by atoms with van der Waals surface area (Å²) in [6, 6.07) is 2.50. The predicted octanol–water partition coefficient (Wildman–Crippen LogP) is 2.64. The number of aromatic nitrogens is 2. The van der Waals surface area contributed by atoms with Crippen LogP contribution in [0, 0.1) is 10.1 Å². The Morgan fingerprint density at radius 2 is 2.10 bits per heavy atom. The molecule has 2 aromatic heterocycles. The van der Waals surface area contributed by atoms with E-state index in [0.717, 1.165) is 6.20 Å². The Balaban J connectivity index is 2.28. The van der Waals surface area contributed by atoms with Crippen molar-refractivity contribution in [2.75, 3.05) is 0 Å². The number of hydrogen-bond acceptors (Lipinski definition) is 6. The number of carboxylic acids is 1. The lowest BCUT2D eigenvalue weighted by Gasteiger charge is -2.06. The van der Waals surface area contributed by atoms with E-state index in [1.807, 2.05) is 0 Å². The van der Waals surface area contributed by atoms with Crippen LogP contribution in [0.5, 0.6) is 11.6 Å². The molecule has 0 saturated heterocycles. The van der Waals surface area contributed by atoms with Crippen LogP contribution in [0.2, 0.25) is 0 Å². The van der Waals surface area contributed by atoms with Crippen LogP contribution in [-0.2, 0) is 0 Å². The molecule has 2 aromatic rings. The summed E-state index contributed by atoms with van der Waals surface area (Å²) in [5.74, 6) is -0.912. The zero-order valence-electron chi connectivity index (χ0n) is 9.69. The second-order valence-electron chi connectivity index (χ2n) is 3.55. The molecule has 8 nitrogen and oxygen atoms in total. The molecule has 0 bridgehead atoms. The summed E-state index contributed by atoms with van der Waals surface area (Å²) in [5.41, 5.74) is -0.234. The van der Waals surface area contributed by atoms with Gasteiger partial charge in [-0.3, -0.25) is 15.1 Å². The molecule has 1 N–H and O–H groups in total. The van der Waals surface area contributed by atoms with E-state index in [2.05, 4.69) is 25.9 Å². The van der Waals surface area contributed by atoms with Gasteiger partial charge in [-0.05, 0) is 22.0 Å². The summed E-state index contributed by atoms with van der Waals surface area (Å²) in [5, 5.41) is 19.4. The van der Waals surface area contributed by atoms with Crippen molar-refractivity contribution in [3.8, 4) is 11.6 Å². The molecule has 0 aromatic carbocycles. The van der Waals surface area contributed by atoms with Crippen molar-refractivity contribution in [1.29, 1.82) is 0 Å². The first-order valence-corrected chi connectivity index (χ1v) is 5.93. The number of nitrogens with zero attached hydrogens (tertiary/aromatic N) is 3. The Bertz CT molecular complexity index is 692. The summed E-state index contributed by atoms with van der Waals surface area (Å²) in [6.45, 7) is 0. The quantitative estimate of drug-likeness (QED) is 0.672. The van der Waals surface area contributed by atoms with Crippen molar-refractivity contribution in [2.24, 2.45) is 0 Å². The standard InChI is InChI=1S/C11H6BrN3O5/c12-9-2-7(15(18)19)4-14-10(9)20-8-1-6(11(16)17)3-13-5-8/h1-5H,(H,16,17). The normalized spacial score (nSPS) is 10.1. The summed E-state index contributed by atoms with van der Waals surface area (Å²) in [7, 11) is 0. The molecule has 20 heavy (non-hydrogen) atoms. The maximum absolute atomic E-state index is 10.8. The molecule has 0 unspecified atom stereocenters. The third-order valence-corrected chi connectivity index (χ3v) is 2.75. The molecular formula is C11H6BrN3O5. The van der Waals surface area contributed by atoms with Crippen LogP contribution in [0.3, 0.4) is 0 Å². The van der Waals surface area contributed by atoms with E-state index in [4.69, 9.17) is 9.84 Å². The maximum atomic E-state index is 10.8. The average Bonchev–Trinajstić information content (AvgIpc) is 2.41. The fourth-order valence-electron chi connectivity index (χ4n) is 1.29. The largest absolute Gasteiger partial charge is 0.478 e. The SMILES string of the molecule is O=C(O)c1cncc(Oc2ncc([N+](=O)[O-])cc2Br)c1. The van der Waals surface area contributed by atoms with Gasteiger partial charge in [0.15, 0.2) is 0 Å². The monoisotopic (exact) mass is 339 g/mol. The molecule has 102 valence electrons. The Hall–Kier alpha value is -2.55. The summed E-state index contributed by atoms with van der Waals surface area (Å²) in [4.78, 5) is 28.3. The molecule has 2 heterocycles. The Morgan fingerprint density at radius 1 is 1.35 bits per heavy atom. The van der Waals surface area contributed by atoms with Gasteiger partial charge in [0, 0.05) is 12.3 Å². The molecule has 0 aliphatic rings. The minimum Gasteiger partial charge on any atom is -0.478 e. The number of nitro groups is 1. The number of carboxylic acid groups (broad SMARTS) is 1.